The summed E-state index contributed by atoms with van der Waals surface area (Å²) < 4.78 is 4.84. The molecule has 0 atom stereocenters. The largest absolute Gasteiger partial charge is 0.360 e. The minimum absolute atomic E-state index is 0.156. The van der Waals surface area contributed by atoms with E-state index < -0.39 is 0 Å². The first-order chi connectivity index (χ1) is 7.13. The van der Waals surface area contributed by atoms with Crippen molar-refractivity contribution in [3.63, 3.8) is 0 Å². The monoisotopic (exact) mass is 211 g/mol. The molecule has 0 aliphatic heterocycles. The fourth-order valence-electron chi connectivity index (χ4n) is 1.13. The number of nitrogens with one attached hydrogen (secondary N) is 1. The zero-order chi connectivity index (χ0) is 11.3. The van der Waals surface area contributed by atoms with E-state index in [1.54, 1.807) is 24.9 Å². The lowest BCUT2D eigenvalue weighted by atomic mass is 10.3. The Kier molecular flexibility index (Phi) is 4.15. The van der Waals surface area contributed by atoms with Gasteiger partial charge in [-0.25, -0.2) is 4.79 Å². The number of anilines is 1. The van der Waals surface area contributed by atoms with Gasteiger partial charge < -0.3 is 9.42 Å². The smallest absolute Gasteiger partial charge is 0.322 e. The Morgan fingerprint density at radius 2 is 2.40 bits per heavy atom. The van der Waals surface area contributed by atoms with Crippen LogP contribution in [0.25, 0.3) is 0 Å². The van der Waals surface area contributed by atoms with Gasteiger partial charge in [-0.05, 0) is 13.3 Å². The normalized spacial score (nSPS) is 10.1. The predicted molar refractivity (Wildman–Crippen MR) is 57.8 cm³/mol. The average Bonchev–Trinajstić information content (AvgIpc) is 2.60. The van der Waals surface area contributed by atoms with Crippen molar-refractivity contribution in [2.24, 2.45) is 0 Å². The Labute approximate surface area is 89.4 Å². The Morgan fingerprint density at radius 1 is 1.67 bits per heavy atom. The number of hydrogen-bond donors (Lipinski definition) is 1. The van der Waals surface area contributed by atoms with Crippen LogP contribution in [-0.4, -0.2) is 29.7 Å². The highest BCUT2D eigenvalue weighted by atomic mass is 16.5. The van der Waals surface area contributed by atoms with E-state index in [0.29, 0.717) is 11.6 Å². The van der Waals surface area contributed by atoms with Gasteiger partial charge in [0.1, 0.15) is 5.76 Å². The summed E-state index contributed by atoms with van der Waals surface area (Å²) in [5.41, 5.74) is 0. The molecule has 5 heteroatoms. The maximum atomic E-state index is 11.6. The number of unbranched alkanes of at least 4 members (excludes halogenated alkanes) is 1. The number of carbonyl (C=O) groups excluding carboxylic acids is 1. The molecule has 0 unspecified atom stereocenters. The molecule has 1 N–H and O–H groups in total. The van der Waals surface area contributed by atoms with Crippen molar-refractivity contribution >= 4 is 11.8 Å². The molecule has 0 spiro atoms. The Morgan fingerprint density at radius 3 is 2.93 bits per heavy atom. The highest BCUT2D eigenvalue weighted by molar-refractivity contribution is 5.87. The van der Waals surface area contributed by atoms with Crippen molar-refractivity contribution in [2.45, 2.75) is 26.7 Å². The Hall–Kier alpha value is -1.52. The first kappa shape index (κ1) is 11.6. The minimum Gasteiger partial charge on any atom is -0.360 e. The molecule has 1 heterocycles. The van der Waals surface area contributed by atoms with Crippen molar-refractivity contribution in [2.75, 3.05) is 18.9 Å². The molecule has 0 aliphatic rings. The van der Waals surface area contributed by atoms with Gasteiger partial charge in [0, 0.05) is 19.7 Å². The van der Waals surface area contributed by atoms with Crippen molar-refractivity contribution in [3.05, 3.63) is 11.8 Å². The van der Waals surface area contributed by atoms with Crippen LogP contribution in [0.15, 0.2) is 10.6 Å². The summed E-state index contributed by atoms with van der Waals surface area (Å²) in [5.74, 6) is 1.14. The molecule has 0 saturated heterocycles. The van der Waals surface area contributed by atoms with Gasteiger partial charge in [0.05, 0.1) is 0 Å². The molecule has 1 aromatic rings. The maximum absolute atomic E-state index is 11.6. The van der Waals surface area contributed by atoms with E-state index in [-0.39, 0.29) is 6.03 Å². The summed E-state index contributed by atoms with van der Waals surface area (Å²) in [4.78, 5) is 13.2. The molecule has 0 aliphatic carbocycles. The van der Waals surface area contributed by atoms with Crippen LogP contribution in [-0.2, 0) is 0 Å². The molecular weight excluding hydrogens is 194 g/mol. The number of nitrogens with zero attached hydrogens (tertiary/aromatic N) is 2. The van der Waals surface area contributed by atoms with Crippen molar-refractivity contribution in [3.8, 4) is 0 Å². The van der Waals surface area contributed by atoms with Crippen LogP contribution in [0.3, 0.4) is 0 Å². The Bertz CT molecular complexity index is 322. The van der Waals surface area contributed by atoms with E-state index in [1.807, 2.05) is 0 Å². The Balaban J connectivity index is 2.41. The highest BCUT2D eigenvalue weighted by Crippen LogP contribution is 2.07. The fraction of sp³-hybridized carbons (Fsp3) is 0.600. The summed E-state index contributed by atoms with van der Waals surface area (Å²) >= 11 is 0. The van der Waals surface area contributed by atoms with Gasteiger partial charge in [-0.2, -0.15) is 0 Å². The van der Waals surface area contributed by atoms with E-state index in [9.17, 15) is 4.79 Å². The van der Waals surface area contributed by atoms with Gasteiger partial charge in [-0.3, -0.25) is 5.32 Å². The lowest BCUT2D eigenvalue weighted by Gasteiger charge is -2.15. The van der Waals surface area contributed by atoms with E-state index in [4.69, 9.17) is 4.52 Å². The van der Waals surface area contributed by atoms with E-state index >= 15 is 0 Å². The van der Waals surface area contributed by atoms with E-state index in [0.717, 1.165) is 19.4 Å². The van der Waals surface area contributed by atoms with Crippen LogP contribution in [0.1, 0.15) is 25.5 Å². The second kappa shape index (κ2) is 5.38. The topological polar surface area (TPSA) is 58.4 Å². The van der Waals surface area contributed by atoms with Gasteiger partial charge in [-0.1, -0.05) is 18.5 Å². The summed E-state index contributed by atoms with van der Waals surface area (Å²) in [5, 5.41) is 6.34. The molecule has 0 saturated carbocycles. The quantitative estimate of drug-likeness (QED) is 0.830. The summed E-state index contributed by atoms with van der Waals surface area (Å²) in [6, 6.07) is 1.53. The zero-order valence-corrected chi connectivity index (χ0v) is 9.41. The number of rotatable bonds is 4. The van der Waals surface area contributed by atoms with Gasteiger partial charge >= 0.3 is 6.03 Å². The van der Waals surface area contributed by atoms with Crippen molar-refractivity contribution in [1.29, 1.82) is 0 Å². The first-order valence-electron chi connectivity index (χ1n) is 5.09. The molecule has 2 amide bonds. The van der Waals surface area contributed by atoms with Gasteiger partial charge in [0.15, 0.2) is 5.82 Å². The number of hydrogen-bond acceptors (Lipinski definition) is 3. The van der Waals surface area contributed by atoms with E-state index in [2.05, 4.69) is 17.4 Å². The van der Waals surface area contributed by atoms with Crippen LogP contribution in [0.5, 0.6) is 0 Å². The first-order valence-corrected chi connectivity index (χ1v) is 5.09. The van der Waals surface area contributed by atoms with Crippen LogP contribution in [0, 0.1) is 6.92 Å². The van der Waals surface area contributed by atoms with Gasteiger partial charge in [0.25, 0.3) is 0 Å². The second-order valence-electron chi connectivity index (χ2n) is 3.53. The summed E-state index contributed by atoms with van der Waals surface area (Å²) in [6.45, 7) is 4.62. The van der Waals surface area contributed by atoms with Crippen LogP contribution in [0.2, 0.25) is 0 Å². The molecule has 1 aromatic heterocycles. The third-order valence-electron chi connectivity index (χ3n) is 2.06. The molecule has 15 heavy (non-hydrogen) atoms. The number of aromatic nitrogens is 1. The standard InChI is InChI=1S/C10H17N3O2/c1-4-5-6-13(3)10(14)11-9-7-8(2)15-12-9/h7H,4-6H2,1-3H3,(H,11,12,14). The second-order valence-corrected chi connectivity index (χ2v) is 3.53. The molecular formula is C10H17N3O2. The molecule has 0 bridgehead atoms. The van der Waals surface area contributed by atoms with Crippen LogP contribution in [0.4, 0.5) is 10.6 Å². The maximum Gasteiger partial charge on any atom is 0.322 e. The molecule has 0 fully saturated rings. The lowest BCUT2D eigenvalue weighted by molar-refractivity contribution is 0.221. The van der Waals surface area contributed by atoms with E-state index in [1.165, 1.54) is 0 Å². The number of carbonyl (C=O) groups is 1. The summed E-state index contributed by atoms with van der Waals surface area (Å²) in [7, 11) is 1.76. The molecule has 84 valence electrons. The summed E-state index contributed by atoms with van der Waals surface area (Å²) in [6.07, 6.45) is 2.07. The average molecular weight is 211 g/mol. The fourth-order valence-corrected chi connectivity index (χ4v) is 1.13. The minimum atomic E-state index is -0.156. The number of urea groups is 1. The number of aryl methyl sites for hydroxylation is 1. The van der Waals surface area contributed by atoms with Crippen molar-refractivity contribution in [1.82, 2.24) is 10.1 Å². The SMILES string of the molecule is CCCCN(C)C(=O)Nc1cc(C)on1. The molecule has 0 aromatic carbocycles. The number of amides is 2. The van der Waals surface area contributed by atoms with Crippen LogP contribution >= 0.6 is 0 Å². The van der Waals surface area contributed by atoms with Gasteiger partial charge in [0.2, 0.25) is 0 Å². The lowest BCUT2D eigenvalue weighted by Crippen LogP contribution is -2.32. The molecule has 1 rings (SSSR count). The third kappa shape index (κ3) is 3.61. The highest BCUT2D eigenvalue weighted by Gasteiger charge is 2.09. The predicted octanol–water partition coefficient (Wildman–Crippen LogP) is 2.25. The van der Waals surface area contributed by atoms with Crippen LogP contribution < -0.4 is 5.32 Å². The molecule has 5 nitrogen and oxygen atoms in total. The third-order valence-corrected chi connectivity index (χ3v) is 2.06. The van der Waals surface area contributed by atoms with Crippen molar-refractivity contribution < 1.29 is 9.32 Å². The van der Waals surface area contributed by atoms with Gasteiger partial charge in [-0.15, -0.1) is 0 Å². The molecule has 0 radical (unpaired) electrons. The zero-order valence-electron chi connectivity index (χ0n) is 9.41.